The van der Waals surface area contributed by atoms with Crippen LogP contribution < -0.4 is 10.6 Å². The van der Waals surface area contributed by atoms with Gasteiger partial charge in [0.05, 0.1) is 11.7 Å². The third-order valence-electron chi connectivity index (χ3n) is 6.08. The lowest BCUT2D eigenvalue weighted by molar-refractivity contribution is 0.583. The maximum absolute atomic E-state index is 15.0. The van der Waals surface area contributed by atoms with Crippen LogP contribution in [0.5, 0.6) is 0 Å². The van der Waals surface area contributed by atoms with Gasteiger partial charge in [0.25, 0.3) is 0 Å². The van der Waals surface area contributed by atoms with Crippen molar-refractivity contribution in [1.29, 1.82) is 0 Å². The van der Waals surface area contributed by atoms with Gasteiger partial charge in [-0.05, 0) is 18.1 Å². The highest BCUT2D eigenvalue weighted by molar-refractivity contribution is 7.80. The molecule has 0 fully saturated rings. The Kier molecular flexibility index (Phi) is 7.58. The summed E-state index contributed by atoms with van der Waals surface area (Å²) in [6.45, 7) is 1.97. The van der Waals surface area contributed by atoms with Gasteiger partial charge >= 0.3 is 0 Å². The van der Waals surface area contributed by atoms with Crippen LogP contribution in [0.25, 0.3) is 0 Å². The second-order valence-electron chi connectivity index (χ2n) is 8.25. The molecule has 0 spiro atoms. The number of rotatable bonds is 8. The van der Waals surface area contributed by atoms with Gasteiger partial charge in [-0.2, -0.15) is 0 Å². The summed E-state index contributed by atoms with van der Waals surface area (Å²) in [6.07, 6.45) is 6.19. The van der Waals surface area contributed by atoms with E-state index in [4.69, 9.17) is 11.4 Å². The van der Waals surface area contributed by atoms with Crippen LogP contribution in [0.1, 0.15) is 30.5 Å². The molecule has 168 valence electrons. The van der Waals surface area contributed by atoms with E-state index in [1.807, 2.05) is 104 Å². The van der Waals surface area contributed by atoms with Gasteiger partial charge in [-0.3, -0.25) is 4.99 Å². The molecule has 0 aromatic heterocycles. The van der Waals surface area contributed by atoms with Gasteiger partial charge in [-0.1, -0.05) is 121 Å². The van der Waals surface area contributed by atoms with Crippen LogP contribution in [0.2, 0.25) is 0 Å². The monoisotopic (exact) mass is 461 g/mol. The Labute approximate surface area is 202 Å². The van der Waals surface area contributed by atoms with Gasteiger partial charge in [0.15, 0.2) is 7.14 Å². The largest absolute Gasteiger partial charge is 0.313 e. The predicted molar refractivity (Wildman–Crippen MR) is 145 cm³/mol. The first-order valence-electron chi connectivity index (χ1n) is 11.4. The molecular weight excluding hydrogens is 433 g/mol. The van der Waals surface area contributed by atoms with Crippen molar-refractivity contribution in [3.8, 4) is 12.3 Å². The van der Waals surface area contributed by atoms with E-state index in [2.05, 4.69) is 30.2 Å². The van der Waals surface area contributed by atoms with Crippen LogP contribution in [-0.2, 0) is 4.57 Å². The third-order valence-corrected chi connectivity index (χ3v) is 9.64. The standard InChI is InChI=1S/C31H28NOP/c1-3-16-30(34(33,28-21-12-6-13-22-28)29-23-14-7-15-24-29)25(2)32-31(26-17-8-4-9-18-26)27-19-10-5-11-20-27/h1,4-15,17-24,30-31H,16H2,2H3. The lowest BCUT2D eigenvalue weighted by atomic mass is 9.99. The van der Waals surface area contributed by atoms with E-state index in [0.717, 1.165) is 27.4 Å². The zero-order chi connectivity index (χ0) is 23.8. The number of hydrogen-bond acceptors (Lipinski definition) is 2. The first-order valence-corrected chi connectivity index (χ1v) is 13.2. The predicted octanol–water partition coefficient (Wildman–Crippen LogP) is 6.64. The van der Waals surface area contributed by atoms with E-state index in [1.54, 1.807) is 0 Å². The molecule has 34 heavy (non-hydrogen) atoms. The zero-order valence-electron chi connectivity index (χ0n) is 19.3. The van der Waals surface area contributed by atoms with Gasteiger partial charge in [-0.25, -0.2) is 0 Å². The second-order valence-corrected chi connectivity index (χ2v) is 11.2. The molecule has 4 rings (SSSR count). The van der Waals surface area contributed by atoms with E-state index in [-0.39, 0.29) is 6.04 Å². The van der Waals surface area contributed by atoms with Crippen molar-refractivity contribution in [1.82, 2.24) is 0 Å². The van der Waals surface area contributed by atoms with Crippen LogP contribution in [0.4, 0.5) is 0 Å². The van der Waals surface area contributed by atoms with Crippen molar-refractivity contribution < 1.29 is 4.57 Å². The number of terminal acetylenes is 1. The molecular formula is C31H28NOP. The molecule has 0 saturated heterocycles. The summed E-state index contributed by atoms with van der Waals surface area (Å²) >= 11 is 0. The highest BCUT2D eigenvalue weighted by Gasteiger charge is 2.38. The SMILES string of the molecule is C#CCC(C(C)=NC(c1ccccc1)c1ccccc1)P(=O)(c1ccccc1)c1ccccc1. The summed E-state index contributed by atoms with van der Waals surface area (Å²) < 4.78 is 15.0. The average Bonchev–Trinajstić information content (AvgIpc) is 2.92. The molecule has 0 radical (unpaired) electrons. The van der Waals surface area contributed by atoms with Gasteiger partial charge < -0.3 is 4.57 Å². The second kappa shape index (κ2) is 11.0. The molecule has 0 bridgehead atoms. The minimum absolute atomic E-state index is 0.206. The van der Waals surface area contributed by atoms with Gasteiger partial charge in [0.1, 0.15) is 0 Å². The topological polar surface area (TPSA) is 29.4 Å². The van der Waals surface area contributed by atoms with Crippen molar-refractivity contribution in [3.05, 3.63) is 132 Å². The Morgan fingerprint density at radius 2 is 1.12 bits per heavy atom. The van der Waals surface area contributed by atoms with Crippen molar-refractivity contribution in [2.24, 2.45) is 4.99 Å². The maximum Gasteiger partial charge on any atom is 0.152 e. The summed E-state index contributed by atoms with van der Waals surface area (Å²) in [5.41, 5.74) is 2.56. The molecule has 4 aromatic carbocycles. The summed E-state index contributed by atoms with van der Waals surface area (Å²) in [4.78, 5) is 5.20. The third kappa shape index (κ3) is 4.96. The molecule has 1 atom stereocenters. The fourth-order valence-electron chi connectivity index (χ4n) is 4.36. The lowest BCUT2D eigenvalue weighted by Crippen LogP contribution is -2.31. The normalized spacial score (nSPS) is 12.8. The minimum Gasteiger partial charge on any atom is -0.313 e. The number of benzene rings is 4. The van der Waals surface area contributed by atoms with Crippen molar-refractivity contribution in [2.75, 3.05) is 0 Å². The lowest BCUT2D eigenvalue weighted by Gasteiger charge is -2.29. The number of nitrogens with zero attached hydrogens (tertiary/aromatic N) is 1. The van der Waals surface area contributed by atoms with Gasteiger partial charge in [-0.15, -0.1) is 12.3 Å². The Morgan fingerprint density at radius 1 is 0.735 bits per heavy atom. The zero-order valence-corrected chi connectivity index (χ0v) is 20.2. The van der Waals surface area contributed by atoms with Gasteiger partial charge in [0.2, 0.25) is 0 Å². The fraction of sp³-hybridized carbons (Fsp3) is 0.129. The maximum atomic E-state index is 15.0. The number of hydrogen-bond donors (Lipinski definition) is 0. The molecule has 3 heteroatoms. The highest BCUT2D eigenvalue weighted by Crippen LogP contribution is 2.50. The molecule has 0 aliphatic carbocycles. The summed E-state index contributed by atoms with van der Waals surface area (Å²) in [5, 5.41) is 1.60. The van der Waals surface area contributed by atoms with Crippen molar-refractivity contribution in [3.63, 3.8) is 0 Å². The average molecular weight is 462 g/mol. The van der Waals surface area contributed by atoms with Crippen LogP contribution in [0.3, 0.4) is 0 Å². The molecule has 0 aliphatic rings. The molecule has 1 unspecified atom stereocenters. The van der Waals surface area contributed by atoms with Crippen LogP contribution >= 0.6 is 7.14 Å². The molecule has 0 amide bonds. The summed E-state index contributed by atoms with van der Waals surface area (Å²) in [6, 6.07) is 39.6. The van der Waals surface area contributed by atoms with E-state index in [0.29, 0.717) is 6.42 Å². The van der Waals surface area contributed by atoms with E-state index in [1.165, 1.54) is 0 Å². The highest BCUT2D eigenvalue weighted by atomic mass is 31.2. The molecule has 0 aliphatic heterocycles. The quantitative estimate of drug-likeness (QED) is 0.164. The Balaban J connectivity index is 1.88. The smallest absolute Gasteiger partial charge is 0.152 e. The van der Waals surface area contributed by atoms with Crippen LogP contribution in [0.15, 0.2) is 126 Å². The Bertz CT molecular complexity index is 1230. The fourth-order valence-corrected chi connectivity index (χ4v) is 7.56. The summed E-state index contributed by atoms with van der Waals surface area (Å²) in [5.74, 6) is 2.79. The van der Waals surface area contributed by atoms with Gasteiger partial charge in [0, 0.05) is 22.7 Å². The Morgan fingerprint density at radius 3 is 1.50 bits per heavy atom. The Hall–Kier alpha value is -3.66. The molecule has 0 saturated carbocycles. The van der Waals surface area contributed by atoms with Crippen LogP contribution in [-0.4, -0.2) is 11.4 Å². The summed E-state index contributed by atoms with van der Waals surface area (Å²) in [7, 11) is -3.12. The van der Waals surface area contributed by atoms with E-state index < -0.39 is 12.8 Å². The van der Waals surface area contributed by atoms with E-state index >= 15 is 4.57 Å². The molecule has 0 heterocycles. The van der Waals surface area contributed by atoms with Crippen molar-refractivity contribution in [2.45, 2.75) is 25.0 Å². The van der Waals surface area contributed by atoms with Crippen LogP contribution in [0, 0.1) is 12.3 Å². The molecule has 4 aromatic rings. The first kappa shape index (κ1) is 23.5. The molecule has 0 N–H and O–H groups in total. The van der Waals surface area contributed by atoms with Crippen molar-refractivity contribution >= 4 is 23.5 Å². The van der Waals surface area contributed by atoms with E-state index in [9.17, 15) is 0 Å². The minimum atomic E-state index is -3.12. The first-order chi connectivity index (χ1) is 16.6. The molecule has 2 nitrogen and oxygen atoms in total. The number of aliphatic imine (C=N–C) groups is 1.